The van der Waals surface area contributed by atoms with Gasteiger partial charge < -0.3 is 24.3 Å². The van der Waals surface area contributed by atoms with Gasteiger partial charge in [0.2, 0.25) is 5.88 Å². The van der Waals surface area contributed by atoms with Crippen LogP contribution in [0.25, 0.3) is 0 Å². The monoisotopic (exact) mass is 374 g/mol. The van der Waals surface area contributed by atoms with Crippen molar-refractivity contribution in [3.63, 3.8) is 0 Å². The third kappa shape index (κ3) is 4.78. The number of ether oxygens (including phenoxy) is 4. The summed E-state index contributed by atoms with van der Waals surface area (Å²) in [6.07, 6.45) is 3.34. The standard InChI is InChI=1S/C19H26N4O4/c1-23-9-8-20-13-15(23)18-19(22-7-6-21-18)27-11-10-26-17-12-14(24-2)4-5-16(17)25-3/h4-7,12,15,20H,8-11,13H2,1-3H3/t15-/m1/s1. The summed E-state index contributed by atoms with van der Waals surface area (Å²) < 4.78 is 22.2. The summed E-state index contributed by atoms with van der Waals surface area (Å²) in [7, 11) is 5.30. The number of piperazine rings is 1. The number of hydrogen-bond acceptors (Lipinski definition) is 8. The zero-order valence-corrected chi connectivity index (χ0v) is 16.0. The van der Waals surface area contributed by atoms with Gasteiger partial charge in [-0.05, 0) is 19.2 Å². The quantitative estimate of drug-likeness (QED) is 0.697. The van der Waals surface area contributed by atoms with Crippen LogP contribution in [0.2, 0.25) is 0 Å². The molecule has 1 atom stereocenters. The predicted molar refractivity (Wildman–Crippen MR) is 101 cm³/mol. The van der Waals surface area contributed by atoms with Crippen molar-refractivity contribution in [1.82, 2.24) is 20.2 Å². The van der Waals surface area contributed by atoms with E-state index in [1.165, 1.54) is 0 Å². The van der Waals surface area contributed by atoms with Crippen molar-refractivity contribution in [3.8, 4) is 23.1 Å². The highest BCUT2D eigenvalue weighted by Crippen LogP contribution is 2.31. The fraction of sp³-hybridized carbons (Fsp3) is 0.474. The maximum absolute atomic E-state index is 5.87. The van der Waals surface area contributed by atoms with E-state index >= 15 is 0 Å². The topological polar surface area (TPSA) is 78.0 Å². The molecule has 2 aromatic rings. The molecule has 1 aliphatic heterocycles. The number of methoxy groups -OCH3 is 2. The van der Waals surface area contributed by atoms with Gasteiger partial charge in [0.15, 0.2) is 11.5 Å². The lowest BCUT2D eigenvalue weighted by Gasteiger charge is -2.32. The minimum Gasteiger partial charge on any atom is -0.497 e. The van der Waals surface area contributed by atoms with Crippen LogP contribution in [0.4, 0.5) is 0 Å². The Labute approximate surface area is 159 Å². The van der Waals surface area contributed by atoms with Gasteiger partial charge in [-0.2, -0.15) is 0 Å². The third-order valence-corrected chi connectivity index (χ3v) is 4.47. The lowest BCUT2D eigenvalue weighted by Crippen LogP contribution is -2.44. The Balaban J connectivity index is 1.60. The first kappa shape index (κ1) is 19.2. The van der Waals surface area contributed by atoms with Gasteiger partial charge in [0, 0.05) is 38.1 Å². The molecule has 0 amide bonds. The Morgan fingerprint density at radius 1 is 1.07 bits per heavy atom. The molecule has 27 heavy (non-hydrogen) atoms. The number of aromatic nitrogens is 2. The van der Waals surface area contributed by atoms with Crippen LogP contribution in [-0.4, -0.2) is 69.0 Å². The zero-order chi connectivity index (χ0) is 19.1. The van der Waals surface area contributed by atoms with E-state index in [0.29, 0.717) is 36.3 Å². The highest BCUT2D eigenvalue weighted by molar-refractivity contribution is 5.45. The summed E-state index contributed by atoms with van der Waals surface area (Å²) in [5, 5.41) is 3.39. The van der Waals surface area contributed by atoms with Gasteiger partial charge in [0.05, 0.1) is 20.3 Å². The highest BCUT2D eigenvalue weighted by atomic mass is 16.5. The van der Waals surface area contributed by atoms with Gasteiger partial charge in [-0.3, -0.25) is 9.88 Å². The number of nitrogens with one attached hydrogen (secondary N) is 1. The van der Waals surface area contributed by atoms with Crippen molar-refractivity contribution in [3.05, 3.63) is 36.3 Å². The molecule has 0 spiro atoms. The van der Waals surface area contributed by atoms with Gasteiger partial charge in [-0.25, -0.2) is 4.98 Å². The van der Waals surface area contributed by atoms with Crippen molar-refractivity contribution < 1.29 is 18.9 Å². The number of likely N-dealkylation sites (N-methyl/N-ethyl adjacent to an activating group) is 1. The molecule has 0 bridgehead atoms. The summed E-state index contributed by atoms with van der Waals surface area (Å²) in [5.41, 5.74) is 0.839. The molecular formula is C19H26N4O4. The molecule has 3 rings (SSSR count). The Morgan fingerprint density at radius 3 is 2.67 bits per heavy atom. The maximum Gasteiger partial charge on any atom is 0.237 e. The van der Waals surface area contributed by atoms with Crippen LogP contribution in [0.5, 0.6) is 23.1 Å². The average Bonchev–Trinajstić information content (AvgIpc) is 2.72. The van der Waals surface area contributed by atoms with Crippen LogP contribution in [0.15, 0.2) is 30.6 Å². The molecule has 0 unspecified atom stereocenters. The van der Waals surface area contributed by atoms with Crippen LogP contribution >= 0.6 is 0 Å². The van der Waals surface area contributed by atoms with Crippen molar-refractivity contribution in [2.24, 2.45) is 0 Å². The van der Waals surface area contributed by atoms with Gasteiger partial charge in [-0.15, -0.1) is 0 Å². The molecular weight excluding hydrogens is 348 g/mol. The lowest BCUT2D eigenvalue weighted by molar-refractivity contribution is 0.178. The summed E-state index contributed by atoms with van der Waals surface area (Å²) in [4.78, 5) is 11.1. The average molecular weight is 374 g/mol. The number of benzene rings is 1. The first-order valence-electron chi connectivity index (χ1n) is 8.92. The molecule has 1 N–H and O–H groups in total. The Bertz CT molecular complexity index is 743. The molecule has 0 saturated carbocycles. The normalized spacial score (nSPS) is 17.4. The molecule has 1 aromatic carbocycles. The lowest BCUT2D eigenvalue weighted by atomic mass is 10.1. The predicted octanol–water partition coefficient (Wildman–Crippen LogP) is 1.53. The molecule has 0 radical (unpaired) electrons. The van der Waals surface area contributed by atoms with Crippen molar-refractivity contribution in [2.45, 2.75) is 6.04 Å². The first-order chi connectivity index (χ1) is 13.2. The van der Waals surface area contributed by atoms with Gasteiger partial charge in [-0.1, -0.05) is 0 Å². The van der Waals surface area contributed by atoms with Crippen molar-refractivity contribution in [1.29, 1.82) is 0 Å². The Kier molecular flexibility index (Phi) is 6.67. The summed E-state index contributed by atoms with van der Waals surface area (Å²) in [6, 6.07) is 5.56. The second-order valence-electron chi connectivity index (χ2n) is 6.16. The van der Waals surface area contributed by atoms with Gasteiger partial charge in [0.25, 0.3) is 0 Å². The molecule has 146 valence electrons. The van der Waals surface area contributed by atoms with Gasteiger partial charge in [0.1, 0.15) is 24.7 Å². The van der Waals surface area contributed by atoms with Gasteiger partial charge >= 0.3 is 0 Å². The molecule has 8 heteroatoms. The highest BCUT2D eigenvalue weighted by Gasteiger charge is 2.25. The zero-order valence-electron chi connectivity index (χ0n) is 16.0. The number of hydrogen-bond donors (Lipinski definition) is 1. The molecule has 1 saturated heterocycles. The van der Waals surface area contributed by atoms with E-state index in [2.05, 4.69) is 27.2 Å². The van der Waals surface area contributed by atoms with Crippen LogP contribution in [0.1, 0.15) is 11.7 Å². The Morgan fingerprint density at radius 2 is 1.89 bits per heavy atom. The van der Waals surface area contributed by atoms with E-state index in [0.717, 1.165) is 25.3 Å². The molecule has 2 heterocycles. The molecule has 0 aliphatic carbocycles. The first-order valence-corrected chi connectivity index (χ1v) is 8.92. The fourth-order valence-corrected chi connectivity index (χ4v) is 2.97. The number of rotatable bonds is 8. The van der Waals surface area contributed by atoms with Crippen LogP contribution in [-0.2, 0) is 0 Å². The van der Waals surface area contributed by atoms with E-state index in [-0.39, 0.29) is 6.04 Å². The minimum absolute atomic E-state index is 0.141. The third-order valence-electron chi connectivity index (χ3n) is 4.47. The van der Waals surface area contributed by atoms with E-state index in [9.17, 15) is 0 Å². The maximum atomic E-state index is 5.87. The number of nitrogens with zero attached hydrogens (tertiary/aromatic N) is 3. The van der Waals surface area contributed by atoms with E-state index in [1.54, 1.807) is 32.7 Å². The molecule has 1 fully saturated rings. The summed E-state index contributed by atoms with van der Waals surface area (Å²) >= 11 is 0. The van der Waals surface area contributed by atoms with Crippen LogP contribution < -0.4 is 24.3 Å². The Hall–Kier alpha value is -2.58. The fourth-order valence-electron chi connectivity index (χ4n) is 2.97. The molecule has 1 aromatic heterocycles. The minimum atomic E-state index is 0.141. The van der Waals surface area contributed by atoms with E-state index in [1.807, 2.05) is 12.1 Å². The van der Waals surface area contributed by atoms with Crippen LogP contribution in [0.3, 0.4) is 0 Å². The van der Waals surface area contributed by atoms with Crippen molar-refractivity contribution >= 4 is 0 Å². The summed E-state index contributed by atoms with van der Waals surface area (Å²) in [6.45, 7) is 3.44. The molecule has 1 aliphatic rings. The second kappa shape index (κ2) is 9.38. The molecule has 8 nitrogen and oxygen atoms in total. The SMILES string of the molecule is COc1ccc(OC)c(OCCOc2nccnc2[C@H]2CNCCN2C)c1. The van der Waals surface area contributed by atoms with Crippen molar-refractivity contribution in [2.75, 3.05) is 54.1 Å². The largest absolute Gasteiger partial charge is 0.497 e. The van der Waals surface area contributed by atoms with Crippen LogP contribution in [0, 0.1) is 0 Å². The second-order valence-corrected chi connectivity index (χ2v) is 6.16. The smallest absolute Gasteiger partial charge is 0.237 e. The summed E-state index contributed by atoms with van der Waals surface area (Å²) in [5.74, 6) is 2.50. The van der Waals surface area contributed by atoms with E-state index < -0.39 is 0 Å². The van der Waals surface area contributed by atoms with E-state index in [4.69, 9.17) is 18.9 Å².